The smallest absolute Gasteiger partial charge is 0.341 e. The van der Waals surface area contributed by atoms with E-state index in [9.17, 15) is 9.59 Å². The van der Waals surface area contributed by atoms with Crippen LogP contribution in [0.2, 0.25) is 0 Å². The number of ether oxygens (including phenoxy) is 3. The van der Waals surface area contributed by atoms with Crippen molar-refractivity contribution < 1.29 is 23.8 Å². The van der Waals surface area contributed by atoms with Gasteiger partial charge in [0, 0.05) is 12.8 Å². The molecule has 1 saturated carbocycles. The van der Waals surface area contributed by atoms with E-state index in [0.29, 0.717) is 36.4 Å². The van der Waals surface area contributed by atoms with E-state index in [1.54, 1.807) is 32.2 Å². The summed E-state index contributed by atoms with van der Waals surface area (Å²) in [5.74, 6) is -0.211. The van der Waals surface area contributed by atoms with Crippen molar-refractivity contribution in [2.75, 3.05) is 25.6 Å². The van der Waals surface area contributed by atoms with Gasteiger partial charge < -0.3 is 19.5 Å². The van der Waals surface area contributed by atoms with Crippen LogP contribution in [0.5, 0.6) is 5.75 Å². The van der Waals surface area contributed by atoms with E-state index in [2.05, 4.69) is 5.32 Å². The highest BCUT2D eigenvalue weighted by molar-refractivity contribution is 5.99. The Bertz CT molecular complexity index is 593. The van der Waals surface area contributed by atoms with Crippen LogP contribution in [0.15, 0.2) is 18.2 Å². The fourth-order valence-electron chi connectivity index (χ4n) is 2.97. The SMILES string of the molecule is CCOC(=O)c1cc(NC(=O)C2(OC)CCCC2)ccc1OCC. The first-order valence-corrected chi connectivity index (χ1v) is 8.37. The molecular formula is C18H25NO5. The van der Waals surface area contributed by atoms with Gasteiger partial charge in [-0.15, -0.1) is 0 Å². The minimum atomic E-state index is -0.775. The third kappa shape index (κ3) is 3.87. The molecule has 2 rings (SSSR count). The number of rotatable bonds is 7. The summed E-state index contributed by atoms with van der Waals surface area (Å²) in [5.41, 5.74) is 0.0482. The van der Waals surface area contributed by atoms with Crippen molar-refractivity contribution in [2.45, 2.75) is 45.1 Å². The highest BCUT2D eigenvalue weighted by Gasteiger charge is 2.41. The van der Waals surface area contributed by atoms with Gasteiger partial charge in [0.1, 0.15) is 16.9 Å². The third-order valence-electron chi connectivity index (χ3n) is 4.25. The van der Waals surface area contributed by atoms with Gasteiger partial charge in [-0.25, -0.2) is 4.79 Å². The lowest BCUT2D eigenvalue weighted by molar-refractivity contribution is -0.137. The molecule has 0 saturated heterocycles. The van der Waals surface area contributed by atoms with Crippen molar-refractivity contribution in [3.63, 3.8) is 0 Å². The Kier molecular flexibility index (Phi) is 6.20. The number of amides is 1. The Labute approximate surface area is 142 Å². The Morgan fingerprint density at radius 3 is 2.46 bits per heavy atom. The van der Waals surface area contributed by atoms with E-state index >= 15 is 0 Å². The van der Waals surface area contributed by atoms with E-state index in [1.165, 1.54) is 0 Å². The van der Waals surface area contributed by atoms with Gasteiger partial charge in [0.2, 0.25) is 0 Å². The number of carbonyl (C=O) groups is 2. The summed E-state index contributed by atoms with van der Waals surface area (Å²) in [6.07, 6.45) is 3.35. The summed E-state index contributed by atoms with van der Waals surface area (Å²) in [6, 6.07) is 4.96. The zero-order chi connectivity index (χ0) is 17.6. The van der Waals surface area contributed by atoms with Crippen LogP contribution in [0, 0.1) is 0 Å². The lowest BCUT2D eigenvalue weighted by Crippen LogP contribution is -2.42. The quantitative estimate of drug-likeness (QED) is 0.775. The van der Waals surface area contributed by atoms with Gasteiger partial charge in [0.25, 0.3) is 5.91 Å². The fourth-order valence-corrected chi connectivity index (χ4v) is 2.97. The second-order valence-electron chi connectivity index (χ2n) is 5.72. The average Bonchev–Trinajstić information content (AvgIpc) is 3.07. The van der Waals surface area contributed by atoms with Crippen molar-refractivity contribution in [3.05, 3.63) is 23.8 Å². The Morgan fingerprint density at radius 2 is 1.88 bits per heavy atom. The lowest BCUT2D eigenvalue weighted by Gasteiger charge is -2.26. The maximum atomic E-state index is 12.6. The zero-order valence-corrected chi connectivity index (χ0v) is 14.5. The van der Waals surface area contributed by atoms with Gasteiger partial charge in [0.05, 0.1) is 13.2 Å². The van der Waals surface area contributed by atoms with Crippen LogP contribution in [0.3, 0.4) is 0 Å². The molecule has 0 unspecified atom stereocenters. The van der Waals surface area contributed by atoms with Gasteiger partial charge >= 0.3 is 5.97 Å². The van der Waals surface area contributed by atoms with Crippen LogP contribution in [0.25, 0.3) is 0 Å². The molecule has 1 amide bonds. The number of methoxy groups -OCH3 is 1. The molecule has 0 atom stereocenters. The number of anilines is 1. The molecule has 0 aromatic heterocycles. The van der Waals surface area contributed by atoms with Gasteiger partial charge in [-0.1, -0.05) is 0 Å². The number of esters is 1. The molecule has 6 heteroatoms. The monoisotopic (exact) mass is 335 g/mol. The molecular weight excluding hydrogens is 310 g/mol. The number of hydrogen-bond acceptors (Lipinski definition) is 5. The van der Waals surface area contributed by atoms with Crippen LogP contribution in [-0.4, -0.2) is 37.8 Å². The number of hydrogen-bond donors (Lipinski definition) is 1. The summed E-state index contributed by atoms with van der Waals surface area (Å²) in [6.45, 7) is 4.29. The molecule has 6 nitrogen and oxygen atoms in total. The molecule has 1 aromatic rings. The lowest BCUT2D eigenvalue weighted by atomic mass is 10.0. The minimum Gasteiger partial charge on any atom is -0.493 e. The molecule has 1 aromatic carbocycles. The van der Waals surface area contributed by atoms with Crippen molar-refractivity contribution in [2.24, 2.45) is 0 Å². The van der Waals surface area contributed by atoms with E-state index in [4.69, 9.17) is 14.2 Å². The largest absolute Gasteiger partial charge is 0.493 e. The van der Waals surface area contributed by atoms with Crippen molar-refractivity contribution >= 4 is 17.6 Å². The molecule has 0 spiro atoms. The summed E-state index contributed by atoms with van der Waals surface area (Å²) in [7, 11) is 1.56. The van der Waals surface area contributed by atoms with Crippen LogP contribution in [-0.2, 0) is 14.3 Å². The van der Waals surface area contributed by atoms with Gasteiger partial charge in [-0.3, -0.25) is 4.79 Å². The normalized spacial score (nSPS) is 15.8. The van der Waals surface area contributed by atoms with Crippen molar-refractivity contribution in [1.29, 1.82) is 0 Å². The predicted molar refractivity (Wildman–Crippen MR) is 90.4 cm³/mol. The van der Waals surface area contributed by atoms with E-state index in [0.717, 1.165) is 12.8 Å². The summed E-state index contributed by atoms with van der Waals surface area (Å²) < 4.78 is 16.0. The van der Waals surface area contributed by atoms with Gasteiger partial charge in [0.15, 0.2) is 0 Å². The predicted octanol–water partition coefficient (Wildman–Crippen LogP) is 3.16. The Balaban J connectivity index is 2.22. The molecule has 1 aliphatic rings. The number of carbonyl (C=O) groups excluding carboxylic acids is 2. The fraction of sp³-hybridized carbons (Fsp3) is 0.556. The number of nitrogens with one attached hydrogen (secondary N) is 1. The van der Waals surface area contributed by atoms with Gasteiger partial charge in [-0.2, -0.15) is 0 Å². The molecule has 1 N–H and O–H groups in total. The molecule has 0 radical (unpaired) electrons. The van der Waals surface area contributed by atoms with Crippen LogP contribution in [0.1, 0.15) is 49.9 Å². The maximum Gasteiger partial charge on any atom is 0.341 e. The third-order valence-corrected chi connectivity index (χ3v) is 4.25. The van der Waals surface area contributed by atoms with E-state index < -0.39 is 11.6 Å². The van der Waals surface area contributed by atoms with Crippen molar-refractivity contribution in [3.8, 4) is 5.75 Å². The summed E-state index contributed by atoms with van der Waals surface area (Å²) >= 11 is 0. The molecule has 132 valence electrons. The minimum absolute atomic E-state index is 0.179. The Morgan fingerprint density at radius 1 is 1.17 bits per heavy atom. The molecule has 1 aliphatic carbocycles. The second kappa shape index (κ2) is 8.15. The standard InChI is InChI=1S/C18H25NO5/c1-4-23-15-9-8-13(12-14(15)16(20)24-5-2)19-17(21)18(22-3)10-6-7-11-18/h8-9,12H,4-7,10-11H2,1-3H3,(H,19,21). The summed E-state index contributed by atoms with van der Waals surface area (Å²) in [5, 5.41) is 2.86. The van der Waals surface area contributed by atoms with Gasteiger partial charge in [-0.05, 0) is 57.7 Å². The van der Waals surface area contributed by atoms with Crippen molar-refractivity contribution in [1.82, 2.24) is 0 Å². The summed E-state index contributed by atoms with van der Waals surface area (Å²) in [4.78, 5) is 24.7. The first-order valence-electron chi connectivity index (χ1n) is 8.37. The zero-order valence-electron chi connectivity index (χ0n) is 14.5. The topological polar surface area (TPSA) is 73.9 Å². The molecule has 0 heterocycles. The molecule has 0 aliphatic heterocycles. The maximum absolute atomic E-state index is 12.6. The first kappa shape index (κ1) is 18.3. The highest BCUT2D eigenvalue weighted by atomic mass is 16.5. The van der Waals surface area contributed by atoms with Crippen LogP contribution < -0.4 is 10.1 Å². The van der Waals surface area contributed by atoms with Crippen LogP contribution in [0.4, 0.5) is 5.69 Å². The Hall–Kier alpha value is -2.08. The second-order valence-corrected chi connectivity index (χ2v) is 5.72. The average molecular weight is 335 g/mol. The molecule has 1 fully saturated rings. The van der Waals surface area contributed by atoms with E-state index in [-0.39, 0.29) is 12.5 Å². The number of benzene rings is 1. The van der Waals surface area contributed by atoms with Crippen LogP contribution >= 0.6 is 0 Å². The molecule has 24 heavy (non-hydrogen) atoms. The first-order chi connectivity index (χ1) is 11.6. The molecule has 0 bridgehead atoms. The van der Waals surface area contributed by atoms with E-state index in [1.807, 2.05) is 6.92 Å². The highest BCUT2D eigenvalue weighted by Crippen LogP contribution is 2.34.